The lowest BCUT2D eigenvalue weighted by atomic mass is 10.2. The van der Waals surface area contributed by atoms with E-state index in [0.717, 1.165) is 38.5 Å². The summed E-state index contributed by atoms with van der Waals surface area (Å²) in [4.78, 5) is 9.16. The Balaban J connectivity index is 1.37. The molecule has 28 heavy (non-hydrogen) atoms. The Bertz CT molecular complexity index is 931. The van der Waals surface area contributed by atoms with Gasteiger partial charge >= 0.3 is 0 Å². The second-order valence-corrected chi connectivity index (χ2v) is 7.05. The van der Waals surface area contributed by atoms with E-state index in [0.29, 0.717) is 11.6 Å². The van der Waals surface area contributed by atoms with Crippen LogP contribution >= 0.6 is 11.6 Å². The van der Waals surface area contributed by atoms with Crippen molar-refractivity contribution < 1.29 is 4.39 Å². The minimum absolute atomic E-state index is 0.0450. The van der Waals surface area contributed by atoms with Gasteiger partial charge in [0.2, 0.25) is 5.95 Å². The summed E-state index contributed by atoms with van der Waals surface area (Å²) in [5.41, 5.74) is 1.93. The van der Waals surface area contributed by atoms with E-state index in [-0.39, 0.29) is 5.02 Å². The number of nitrogens with zero attached hydrogens (tertiary/aromatic N) is 5. The summed E-state index contributed by atoms with van der Waals surface area (Å²) in [5, 5.41) is 11.1. The third-order valence-electron chi connectivity index (χ3n) is 4.67. The largest absolute Gasteiger partial charge is 0.353 e. The van der Waals surface area contributed by atoms with Crippen molar-refractivity contribution in [3.05, 3.63) is 71.1 Å². The second-order valence-electron chi connectivity index (χ2n) is 6.64. The third kappa shape index (κ3) is 4.55. The smallest absolute Gasteiger partial charge is 0.249 e. The normalized spacial score (nSPS) is 14.9. The Kier molecular flexibility index (Phi) is 5.64. The molecule has 0 bridgehead atoms. The molecule has 0 amide bonds. The van der Waals surface area contributed by atoms with Crippen LogP contribution in [0.25, 0.3) is 0 Å². The molecule has 2 aromatic carbocycles. The molecule has 8 heteroatoms. The van der Waals surface area contributed by atoms with Crippen LogP contribution in [0, 0.1) is 5.82 Å². The molecule has 1 aliphatic heterocycles. The van der Waals surface area contributed by atoms with E-state index in [9.17, 15) is 4.39 Å². The van der Waals surface area contributed by atoms with Crippen LogP contribution in [0.5, 0.6) is 0 Å². The molecule has 1 saturated heterocycles. The molecule has 0 radical (unpaired) electrons. The van der Waals surface area contributed by atoms with E-state index in [1.807, 2.05) is 6.07 Å². The van der Waals surface area contributed by atoms with Crippen molar-refractivity contribution in [3.8, 4) is 0 Å². The summed E-state index contributed by atoms with van der Waals surface area (Å²) in [6.07, 6.45) is 1.66. The maximum atomic E-state index is 13.3. The van der Waals surface area contributed by atoms with Crippen molar-refractivity contribution in [3.63, 3.8) is 0 Å². The number of benzene rings is 2. The average molecular weight is 399 g/mol. The first kappa shape index (κ1) is 18.6. The zero-order valence-electron chi connectivity index (χ0n) is 15.2. The SMILES string of the molecule is Fc1ccc(Nc2nncc(N3CCN(Cc4ccccc4)CC3)n2)cc1Cl. The minimum Gasteiger partial charge on any atom is -0.353 e. The molecule has 144 valence electrons. The Morgan fingerprint density at radius 2 is 1.82 bits per heavy atom. The van der Waals surface area contributed by atoms with Gasteiger partial charge in [0.25, 0.3) is 0 Å². The molecule has 6 nitrogen and oxygen atoms in total. The van der Waals surface area contributed by atoms with Gasteiger partial charge in [-0.25, -0.2) is 4.39 Å². The highest BCUT2D eigenvalue weighted by atomic mass is 35.5. The Labute approximate surface area is 168 Å². The molecule has 0 aliphatic carbocycles. The van der Waals surface area contributed by atoms with Crippen LogP contribution in [-0.2, 0) is 6.54 Å². The van der Waals surface area contributed by atoms with E-state index in [1.54, 1.807) is 12.3 Å². The number of anilines is 3. The van der Waals surface area contributed by atoms with Crippen LogP contribution < -0.4 is 10.2 Å². The zero-order valence-corrected chi connectivity index (χ0v) is 16.0. The van der Waals surface area contributed by atoms with Gasteiger partial charge in [-0.3, -0.25) is 4.90 Å². The van der Waals surface area contributed by atoms with Crippen molar-refractivity contribution >= 4 is 29.1 Å². The lowest BCUT2D eigenvalue weighted by molar-refractivity contribution is 0.249. The van der Waals surface area contributed by atoms with Crippen LogP contribution in [0.15, 0.2) is 54.7 Å². The van der Waals surface area contributed by atoms with Gasteiger partial charge < -0.3 is 10.2 Å². The van der Waals surface area contributed by atoms with Crippen molar-refractivity contribution in [1.82, 2.24) is 20.1 Å². The number of piperazine rings is 1. The van der Waals surface area contributed by atoms with Gasteiger partial charge in [-0.1, -0.05) is 41.9 Å². The van der Waals surface area contributed by atoms with E-state index in [4.69, 9.17) is 11.6 Å². The lowest BCUT2D eigenvalue weighted by Gasteiger charge is -2.35. The van der Waals surface area contributed by atoms with Gasteiger partial charge in [-0.15, -0.1) is 5.10 Å². The number of hydrogen-bond acceptors (Lipinski definition) is 6. The van der Waals surface area contributed by atoms with E-state index in [2.05, 4.69) is 54.6 Å². The fourth-order valence-corrected chi connectivity index (χ4v) is 3.36. The van der Waals surface area contributed by atoms with Crippen LogP contribution in [0.1, 0.15) is 5.56 Å². The van der Waals surface area contributed by atoms with Crippen LogP contribution in [0.2, 0.25) is 5.02 Å². The van der Waals surface area contributed by atoms with Crippen LogP contribution in [0.3, 0.4) is 0 Å². The summed E-state index contributed by atoms with van der Waals surface area (Å²) >= 11 is 5.82. The fraction of sp³-hybridized carbons (Fsp3) is 0.250. The highest BCUT2D eigenvalue weighted by Crippen LogP contribution is 2.22. The zero-order chi connectivity index (χ0) is 19.3. The van der Waals surface area contributed by atoms with E-state index < -0.39 is 5.82 Å². The van der Waals surface area contributed by atoms with Gasteiger partial charge in [0.15, 0.2) is 5.82 Å². The number of halogens is 2. The Morgan fingerprint density at radius 1 is 1.04 bits per heavy atom. The summed E-state index contributed by atoms with van der Waals surface area (Å²) in [5.74, 6) is 0.658. The van der Waals surface area contributed by atoms with E-state index >= 15 is 0 Å². The molecule has 1 N–H and O–H groups in total. The second kappa shape index (κ2) is 8.50. The Morgan fingerprint density at radius 3 is 2.57 bits per heavy atom. The van der Waals surface area contributed by atoms with Gasteiger partial charge in [0.1, 0.15) is 5.82 Å². The quantitative estimate of drug-likeness (QED) is 0.706. The molecule has 4 rings (SSSR count). The summed E-state index contributed by atoms with van der Waals surface area (Å²) in [6, 6.07) is 14.9. The molecule has 0 unspecified atom stereocenters. The molecule has 3 aromatic rings. The van der Waals surface area contributed by atoms with Crippen molar-refractivity contribution in [2.45, 2.75) is 6.54 Å². The number of aromatic nitrogens is 3. The first-order valence-electron chi connectivity index (χ1n) is 9.10. The fourth-order valence-electron chi connectivity index (χ4n) is 3.18. The maximum Gasteiger partial charge on any atom is 0.249 e. The van der Waals surface area contributed by atoms with Gasteiger partial charge in [-0.05, 0) is 23.8 Å². The monoisotopic (exact) mass is 398 g/mol. The van der Waals surface area contributed by atoms with Crippen molar-refractivity contribution in [1.29, 1.82) is 0 Å². The molecule has 0 saturated carbocycles. The molecular weight excluding hydrogens is 379 g/mol. The third-order valence-corrected chi connectivity index (χ3v) is 4.96. The van der Waals surface area contributed by atoms with E-state index in [1.165, 1.54) is 17.7 Å². The van der Waals surface area contributed by atoms with Crippen molar-refractivity contribution in [2.24, 2.45) is 0 Å². The molecule has 1 fully saturated rings. The molecule has 1 aliphatic rings. The maximum absolute atomic E-state index is 13.3. The number of hydrogen-bond donors (Lipinski definition) is 1. The minimum atomic E-state index is -0.464. The van der Waals surface area contributed by atoms with Gasteiger partial charge in [-0.2, -0.15) is 10.1 Å². The van der Waals surface area contributed by atoms with Crippen LogP contribution in [0.4, 0.5) is 21.8 Å². The Hall–Kier alpha value is -2.77. The molecule has 1 aromatic heterocycles. The number of nitrogens with one attached hydrogen (secondary N) is 1. The number of rotatable bonds is 5. The van der Waals surface area contributed by atoms with Crippen LogP contribution in [-0.4, -0.2) is 46.3 Å². The van der Waals surface area contributed by atoms with Gasteiger partial charge in [0, 0.05) is 38.4 Å². The topological polar surface area (TPSA) is 57.2 Å². The summed E-state index contributed by atoms with van der Waals surface area (Å²) in [6.45, 7) is 4.60. The first-order chi connectivity index (χ1) is 13.7. The highest BCUT2D eigenvalue weighted by molar-refractivity contribution is 6.31. The summed E-state index contributed by atoms with van der Waals surface area (Å²) in [7, 11) is 0. The molecule has 0 spiro atoms. The molecular formula is C20H20ClFN6. The van der Waals surface area contributed by atoms with Crippen molar-refractivity contribution in [2.75, 3.05) is 36.4 Å². The molecule has 0 atom stereocenters. The lowest BCUT2D eigenvalue weighted by Crippen LogP contribution is -2.46. The first-order valence-corrected chi connectivity index (χ1v) is 9.48. The highest BCUT2D eigenvalue weighted by Gasteiger charge is 2.19. The molecule has 2 heterocycles. The predicted octanol–water partition coefficient (Wildman–Crippen LogP) is 3.73. The average Bonchev–Trinajstić information content (AvgIpc) is 2.72. The van der Waals surface area contributed by atoms with Gasteiger partial charge in [0.05, 0.1) is 11.2 Å². The summed E-state index contributed by atoms with van der Waals surface area (Å²) < 4.78 is 13.3. The standard InChI is InChI=1S/C20H20ClFN6/c21-17-12-16(6-7-18(17)22)24-20-25-19(13-23-26-20)28-10-8-27(9-11-28)14-15-4-2-1-3-5-15/h1-7,12-13H,8-11,14H2,(H,24,25,26). The predicted molar refractivity (Wildman–Crippen MR) is 108 cm³/mol.